The quantitative estimate of drug-likeness (QED) is 0.572. The van der Waals surface area contributed by atoms with Crippen LogP contribution in [-0.2, 0) is 23.7 Å². The Bertz CT molecular complexity index is 193. The molecule has 0 amide bonds. The van der Waals surface area contributed by atoms with Crippen LogP contribution in [0.5, 0.6) is 0 Å². The molecule has 0 aromatic heterocycles. The summed E-state index contributed by atoms with van der Waals surface area (Å²) < 4.78 is 20.6. The maximum absolute atomic E-state index is 10.5. The Kier molecular flexibility index (Phi) is 2.48. The maximum Gasteiger partial charge on any atom is 0.302 e. The molecule has 2 heterocycles. The van der Waals surface area contributed by atoms with E-state index in [1.165, 1.54) is 6.92 Å². The third-order valence-corrected chi connectivity index (χ3v) is 2.11. The van der Waals surface area contributed by atoms with Crippen molar-refractivity contribution in [3.05, 3.63) is 0 Å². The highest BCUT2D eigenvalue weighted by Crippen LogP contribution is 2.28. The summed E-state index contributed by atoms with van der Waals surface area (Å²) >= 11 is 0. The van der Waals surface area contributed by atoms with Gasteiger partial charge >= 0.3 is 5.97 Å². The third-order valence-electron chi connectivity index (χ3n) is 2.11. The minimum absolute atomic E-state index is 0.0144. The van der Waals surface area contributed by atoms with Gasteiger partial charge in [0.1, 0.15) is 12.7 Å². The van der Waals surface area contributed by atoms with Gasteiger partial charge in [0.25, 0.3) is 0 Å². The van der Waals surface area contributed by atoms with Crippen LogP contribution in [0.4, 0.5) is 0 Å². The van der Waals surface area contributed by atoms with E-state index in [4.69, 9.17) is 18.9 Å². The molecule has 5 nitrogen and oxygen atoms in total. The number of hydrogen-bond acceptors (Lipinski definition) is 5. The molecule has 2 rings (SSSR count). The Balaban J connectivity index is 1.75. The fourth-order valence-electron chi connectivity index (χ4n) is 1.51. The summed E-state index contributed by atoms with van der Waals surface area (Å²) in [6.45, 7) is 1.97. The first kappa shape index (κ1) is 8.93. The second-order valence-corrected chi connectivity index (χ2v) is 3.15. The normalized spacial score (nSPS) is 37.5. The van der Waals surface area contributed by atoms with Gasteiger partial charge in [-0.25, -0.2) is 0 Å². The van der Waals surface area contributed by atoms with Crippen molar-refractivity contribution >= 4 is 5.97 Å². The van der Waals surface area contributed by atoms with E-state index in [1.54, 1.807) is 0 Å². The highest BCUT2D eigenvalue weighted by atomic mass is 16.8. The van der Waals surface area contributed by atoms with Gasteiger partial charge in [-0.1, -0.05) is 0 Å². The van der Waals surface area contributed by atoms with Crippen LogP contribution >= 0.6 is 0 Å². The molecule has 2 aliphatic heterocycles. The van der Waals surface area contributed by atoms with E-state index in [1.807, 2.05) is 0 Å². The summed E-state index contributed by atoms with van der Waals surface area (Å²) in [4.78, 5) is 10.5. The topological polar surface area (TPSA) is 54.0 Å². The summed E-state index contributed by atoms with van der Waals surface area (Å²) in [6.07, 6.45) is 0.401. The predicted molar refractivity (Wildman–Crippen MR) is 40.7 cm³/mol. The zero-order valence-corrected chi connectivity index (χ0v) is 7.39. The molecule has 2 aliphatic rings. The van der Waals surface area contributed by atoms with Crippen LogP contribution < -0.4 is 0 Å². The van der Waals surface area contributed by atoms with Gasteiger partial charge in [-0.3, -0.25) is 4.79 Å². The molecule has 0 aromatic carbocycles. The summed E-state index contributed by atoms with van der Waals surface area (Å²) in [5.74, 6) is -0.289. The van der Waals surface area contributed by atoms with Crippen molar-refractivity contribution in [2.45, 2.75) is 31.8 Å². The monoisotopic (exact) mass is 188 g/mol. The predicted octanol–water partition coefficient (Wildman–Crippen LogP) is 0.0374. The van der Waals surface area contributed by atoms with Gasteiger partial charge in [0.15, 0.2) is 13.1 Å². The van der Waals surface area contributed by atoms with Crippen LogP contribution in [0.25, 0.3) is 0 Å². The lowest BCUT2D eigenvalue weighted by Crippen LogP contribution is -2.19. The number of carbonyl (C=O) groups is 1. The Hall–Kier alpha value is -0.650. The van der Waals surface area contributed by atoms with Crippen molar-refractivity contribution in [2.24, 2.45) is 0 Å². The molecular weight excluding hydrogens is 176 g/mol. The van der Waals surface area contributed by atoms with E-state index in [-0.39, 0.29) is 31.1 Å². The fourth-order valence-corrected chi connectivity index (χ4v) is 1.51. The minimum Gasteiger partial charge on any atom is -0.463 e. The Morgan fingerprint density at radius 1 is 1.54 bits per heavy atom. The number of fused-ring (bicyclic) bond motifs is 1. The zero-order valence-electron chi connectivity index (χ0n) is 7.39. The lowest BCUT2D eigenvalue weighted by atomic mass is 10.2. The molecule has 0 saturated carbocycles. The Labute approximate surface area is 75.9 Å². The largest absolute Gasteiger partial charge is 0.463 e. The van der Waals surface area contributed by atoms with Crippen LogP contribution in [0.3, 0.4) is 0 Å². The summed E-state index contributed by atoms with van der Waals surface area (Å²) in [7, 11) is 0. The van der Waals surface area contributed by atoms with Gasteiger partial charge in [0.05, 0.1) is 6.10 Å². The van der Waals surface area contributed by atoms with E-state index < -0.39 is 0 Å². The number of carbonyl (C=O) groups excluding carboxylic acids is 1. The molecular formula is C8H12O5. The molecule has 2 saturated heterocycles. The average molecular weight is 188 g/mol. The second kappa shape index (κ2) is 3.61. The van der Waals surface area contributed by atoms with Crippen LogP contribution in [0, 0.1) is 0 Å². The molecule has 13 heavy (non-hydrogen) atoms. The lowest BCUT2D eigenvalue weighted by molar-refractivity contribution is -0.154. The number of esters is 1. The van der Waals surface area contributed by atoms with Gasteiger partial charge in [0.2, 0.25) is 0 Å². The van der Waals surface area contributed by atoms with E-state index in [9.17, 15) is 4.79 Å². The van der Waals surface area contributed by atoms with E-state index >= 15 is 0 Å². The van der Waals surface area contributed by atoms with Crippen molar-refractivity contribution in [1.82, 2.24) is 0 Å². The molecule has 5 heteroatoms. The number of ether oxygens (including phenoxy) is 4. The molecule has 74 valence electrons. The lowest BCUT2D eigenvalue weighted by Gasteiger charge is -2.10. The van der Waals surface area contributed by atoms with Crippen molar-refractivity contribution in [1.29, 1.82) is 0 Å². The first-order chi connectivity index (χ1) is 6.25. The SMILES string of the molecule is CC(=O)OC[C@@H]1C[C@H]2OCO[C@H]2O1. The van der Waals surface area contributed by atoms with Crippen LogP contribution in [-0.4, -0.2) is 37.9 Å². The summed E-state index contributed by atoms with van der Waals surface area (Å²) in [5.41, 5.74) is 0. The van der Waals surface area contributed by atoms with Crippen LogP contribution in [0.2, 0.25) is 0 Å². The third kappa shape index (κ3) is 1.99. The van der Waals surface area contributed by atoms with Gasteiger partial charge in [-0.05, 0) is 0 Å². The van der Waals surface area contributed by atoms with E-state index in [0.717, 1.165) is 6.42 Å². The molecule has 0 aliphatic carbocycles. The molecule has 0 N–H and O–H groups in total. The van der Waals surface area contributed by atoms with Crippen molar-refractivity contribution < 1.29 is 23.7 Å². The van der Waals surface area contributed by atoms with E-state index in [2.05, 4.69) is 0 Å². The minimum atomic E-state index is -0.289. The Morgan fingerprint density at radius 2 is 2.38 bits per heavy atom. The van der Waals surface area contributed by atoms with Crippen LogP contribution in [0.15, 0.2) is 0 Å². The van der Waals surface area contributed by atoms with Gasteiger partial charge in [-0.2, -0.15) is 0 Å². The van der Waals surface area contributed by atoms with Crippen molar-refractivity contribution in [3.63, 3.8) is 0 Å². The van der Waals surface area contributed by atoms with Gasteiger partial charge < -0.3 is 18.9 Å². The van der Waals surface area contributed by atoms with Gasteiger partial charge in [0, 0.05) is 13.3 Å². The summed E-state index contributed by atoms with van der Waals surface area (Å²) in [6, 6.07) is 0. The fraction of sp³-hybridized carbons (Fsp3) is 0.875. The molecule has 0 aromatic rings. The van der Waals surface area contributed by atoms with Crippen molar-refractivity contribution in [3.8, 4) is 0 Å². The summed E-state index contributed by atoms with van der Waals surface area (Å²) in [5, 5.41) is 0. The van der Waals surface area contributed by atoms with Crippen molar-refractivity contribution in [2.75, 3.05) is 13.4 Å². The molecule has 0 bridgehead atoms. The average Bonchev–Trinajstić information content (AvgIpc) is 2.58. The standard InChI is InChI=1S/C8H12O5/c1-5(9)10-3-6-2-7-8(13-6)12-4-11-7/h6-8H,2-4H2,1H3/t6-,7+,8-/m0/s1. The van der Waals surface area contributed by atoms with E-state index in [0.29, 0.717) is 6.79 Å². The smallest absolute Gasteiger partial charge is 0.302 e. The Morgan fingerprint density at radius 3 is 3.08 bits per heavy atom. The molecule has 2 fully saturated rings. The van der Waals surface area contributed by atoms with Gasteiger partial charge in [-0.15, -0.1) is 0 Å². The number of rotatable bonds is 2. The van der Waals surface area contributed by atoms with Crippen LogP contribution in [0.1, 0.15) is 13.3 Å². The maximum atomic E-state index is 10.5. The highest BCUT2D eigenvalue weighted by molar-refractivity contribution is 5.65. The number of hydrogen-bond donors (Lipinski definition) is 0. The molecule has 3 atom stereocenters. The molecule has 0 spiro atoms. The molecule has 0 unspecified atom stereocenters. The first-order valence-corrected chi connectivity index (χ1v) is 4.28. The molecule has 0 radical (unpaired) electrons. The highest BCUT2D eigenvalue weighted by Gasteiger charge is 2.41. The zero-order chi connectivity index (χ0) is 9.26. The first-order valence-electron chi connectivity index (χ1n) is 4.28. The second-order valence-electron chi connectivity index (χ2n) is 3.15.